The van der Waals surface area contributed by atoms with E-state index >= 15 is 0 Å². The largest absolute Gasteiger partial charge is 0.378 e. The van der Waals surface area contributed by atoms with E-state index in [1.165, 1.54) is 29.5 Å². The molecule has 0 bridgehead atoms. The van der Waals surface area contributed by atoms with Gasteiger partial charge in [0.15, 0.2) is 0 Å². The van der Waals surface area contributed by atoms with E-state index in [0.29, 0.717) is 5.56 Å². The first-order valence-corrected chi connectivity index (χ1v) is 9.56. The molecule has 1 fully saturated rings. The van der Waals surface area contributed by atoms with Crippen LogP contribution in [0.3, 0.4) is 0 Å². The maximum atomic E-state index is 12.6. The molecule has 1 heterocycles. The van der Waals surface area contributed by atoms with E-state index in [-0.39, 0.29) is 11.9 Å². The van der Waals surface area contributed by atoms with E-state index in [1.807, 2.05) is 24.3 Å². The lowest BCUT2D eigenvalue weighted by Gasteiger charge is -2.28. The molecule has 1 aliphatic heterocycles. The molecular formula is C22H26N2O2. The summed E-state index contributed by atoms with van der Waals surface area (Å²) in [5, 5.41) is 3.13. The van der Waals surface area contributed by atoms with Crippen LogP contribution in [-0.2, 0) is 17.6 Å². The van der Waals surface area contributed by atoms with Crippen LogP contribution in [0.15, 0.2) is 42.5 Å². The van der Waals surface area contributed by atoms with Crippen molar-refractivity contribution in [3.63, 3.8) is 0 Å². The maximum Gasteiger partial charge on any atom is 0.251 e. The lowest BCUT2D eigenvalue weighted by molar-refractivity contribution is 0.0940. The molecule has 0 saturated carbocycles. The second-order valence-electron chi connectivity index (χ2n) is 7.22. The van der Waals surface area contributed by atoms with E-state index in [4.69, 9.17) is 4.74 Å². The van der Waals surface area contributed by atoms with Gasteiger partial charge in [-0.2, -0.15) is 0 Å². The first-order valence-electron chi connectivity index (χ1n) is 9.56. The summed E-state index contributed by atoms with van der Waals surface area (Å²) in [5.41, 5.74) is 5.94. The van der Waals surface area contributed by atoms with Crippen molar-refractivity contribution >= 4 is 11.6 Å². The van der Waals surface area contributed by atoms with Gasteiger partial charge in [0.2, 0.25) is 0 Å². The molecule has 26 heavy (non-hydrogen) atoms. The predicted molar refractivity (Wildman–Crippen MR) is 104 cm³/mol. The number of fused-ring (bicyclic) bond motifs is 1. The number of hydrogen-bond donors (Lipinski definition) is 1. The molecule has 4 rings (SSSR count). The minimum Gasteiger partial charge on any atom is -0.378 e. The number of amides is 1. The Balaban J connectivity index is 1.41. The second kappa shape index (κ2) is 7.50. The van der Waals surface area contributed by atoms with Gasteiger partial charge in [-0.05, 0) is 67.1 Å². The number of nitrogens with zero attached hydrogens (tertiary/aromatic N) is 1. The number of morpholine rings is 1. The second-order valence-corrected chi connectivity index (χ2v) is 7.22. The fourth-order valence-electron chi connectivity index (χ4n) is 3.87. The number of carbonyl (C=O) groups excluding carboxylic acids is 1. The smallest absolute Gasteiger partial charge is 0.251 e. The molecule has 1 N–H and O–H groups in total. The summed E-state index contributed by atoms with van der Waals surface area (Å²) < 4.78 is 5.39. The SMILES string of the molecule is C[C@H](NC(=O)c1ccc(N2CCOCC2)cc1)c1ccc2c(c1)CCC2. The summed E-state index contributed by atoms with van der Waals surface area (Å²) in [6.07, 6.45) is 3.59. The minimum atomic E-state index is -0.0217. The van der Waals surface area contributed by atoms with Crippen molar-refractivity contribution in [1.29, 1.82) is 0 Å². The fourth-order valence-corrected chi connectivity index (χ4v) is 3.87. The van der Waals surface area contributed by atoms with Crippen LogP contribution in [-0.4, -0.2) is 32.2 Å². The number of rotatable bonds is 4. The molecule has 4 heteroatoms. The van der Waals surface area contributed by atoms with Crippen LogP contribution in [0.25, 0.3) is 0 Å². The molecule has 0 unspecified atom stereocenters. The fraction of sp³-hybridized carbons (Fsp3) is 0.409. The molecule has 2 aromatic carbocycles. The van der Waals surface area contributed by atoms with E-state index in [9.17, 15) is 4.79 Å². The molecule has 4 nitrogen and oxygen atoms in total. The summed E-state index contributed by atoms with van der Waals surface area (Å²) in [6.45, 7) is 5.39. The third-order valence-corrected chi connectivity index (χ3v) is 5.48. The molecule has 0 radical (unpaired) electrons. The average Bonchev–Trinajstić information content (AvgIpc) is 3.16. The number of nitrogens with one attached hydrogen (secondary N) is 1. The van der Waals surface area contributed by atoms with E-state index in [1.54, 1.807) is 0 Å². The Morgan fingerprint density at radius 3 is 2.54 bits per heavy atom. The maximum absolute atomic E-state index is 12.6. The zero-order chi connectivity index (χ0) is 17.9. The molecule has 1 amide bonds. The van der Waals surface area contributed by atoms with Crippen molar-refractivity contribution in [3.8, 4) is 0 Å². The highest BCUT2D eigenvalue weighted by atomic mass is 16.5. The van der Waals surface area contributed by atoms with Gasteiger partial charge in [-0.25, -0.2) is 0 Å². The van der Waals surface area contributed by atoms with Crippen molar-refractivity contribution in [3.05, 3.63) is 64.7 Å². The van der Waals surface area contributed by atoms with Crippen molar-refractivity contribution in [2.45, 2.75) is 32.2 Å². The highest BCUT2D eigenvalue weighted by Crippen LogP contribution is 2.25. The molecule has 0 spiro atoms. The standard InChI is InChI=1S/C22H26N2O2/c1-16(19-6-5-17-3-2-4-20(17)15-19)23-22(25)18-7-9-21(10-8-18)24-11-13-26-14-12-24/h5-10,15-16H,2-4,11-14H2,1H3,(H,23,25)/t16-/m0/s1. The Bertz CT molecular complexity index is 779. The molecule has 1 atom stereocenters. The summed E-state index contributed by atoms with van der Waals surface area (Å²) in [6, 6.07) is 14.5. The summed E-state index contributed by atoms with van der Waals surface area (Å²) in [5.74, 6) is -0.0217. The van der Waals surface area contributed by atoms with Gasteiger partial charge in [-0.1, -0.05) is 18.2 Å². The normalized spacial score (nSPS) is 17.7. The number of ether oxygens (including phenoxy) is 1. The molecular weight excluding hydrogens is 324 g/mol. The summed E-state index contributed by atoms with van der Waals surface area (Å²) in [4.78, 5) is 14.9. The zero-order valence-corrected chi connectivity index (χ0v) is 15.3. The zero-order valence-electron chi connectivity index (χ0n) is 15.3. The third kappa shape index (κ3) is 3.61. The number of hydrogen-bond acceptors (Lipinski definition) is 3. The predicted octanol–water partition coefficient (Wildman–Crippen LogP) is 3.50. The van der Waals surface area contributed by atoms with E-state index in [0.717, 1.165) is 38.4 Å². The van der Waals surface area contributed by atoms with Crippen molar-refractivity contribution in [2.24, 2.45) is 0 Å². The Kier molecular flexibility index (Phi) is 4.93. The van der Waals surface area contributed by atoms with E-state index < -0.39 is 0 Å². The minimum absolute atomic E-state index is 0.00678. The van der Waals surface area contributed by atoms with Gasteiger partial charge in [0.25, 0.3) is 5.91 Å². The molecule has 136 valence electrons. The van der Waals surface area contributed by atoms with Crippen molar-refractivity contribution in [2.75, 3.05) is 31.2 Å². The van der Waals surface area contributed by atoms with Gasteiger partial charge < -0.3 is 15.0 Å². The van der Waals surface area contributed by atoms with Crippen LogP contribution >= 0.6 is 0 Å². The van der Waals surface area contributed by atoms with E-state index in [2.05, 4.69) is 35.3 Å². The van der Waals surface area contributed by atoms with Crippen LogP contribution in [0, 0.1) is 0 Å². The first kappa shape index (κ1) is 17.1. The topological polar surface area (TPSA) is 41.6 Å². The highest BCUT2D eigenvalue weighted by Gasteiger charge is 2.16. The van der Waals surface area contributed by atoms with Crippen molar-refractivity contribution < 1.29 is 9.53 Å². The van der Waals surface area contributed by atoms with Gasteiger partial charge in [0.1, 0.15) is 0 Å². The molecule has 1 saturated heterocycles. The van der Waals surface area contributed by atoms with Gasteiger partial charge >= 0.3 is 0 Å². The number of aryl methyl sites for hydroxylation is 2. The first-order chi connectivity index (χ1) is 12.7. The Morgan fingerprint density at radius 1 is 1.04 bits per heavy atom. The van der Waals surface area contributed by atoms with Gasteiger partial charge in [-0.15, -0.1) is 0 Å². The van der Waals surface area contributed by atoms with Crippen molar-refractivity contribution in [1.82, 2.24) is 5.32 Å². The average molecular weight is 350 g/mol. The van der Waals surface area contributed by atoms with Gasteiger partial charge in [0, 0.05) is 24.3 Å². The van der Waals surface area contributed by atoms with Gasteiger partial charge in [-0.3, -0.25) is 4.79 Å². The van der Waals surface area contributed by atoms with Gasteiger partial charge in [0.05, 0.1) is 19.3 Å². The number of carbonyl (C=O) groups is 1. The van der Waals surface area contributed by atoms with Crippen LogP contribution in [0.2, 0.25) is 0 Å². The van der Waals surface area contributed by atoms with Crippen LogP contribution in [0.1, 0.15) is 46.4 Å². The quantitative estimate of drug-likeness (QED) is 0.918. The van der Waals surface area contributed by atoms with Crippen LogP contribution in [0.4, 0.5) is 5.69 Å². The molecule has 0 aromatic heterocycles. The third-order valence-electron chi connectivity index (χ3n) is 5.48. The number of benzene rings is 2. The summed E-state index contributed by atoms with van der Waals surface area (Å²) in [7, 11) is 0. The monoisotopic (exact) mass is 350 g/mol. The Morgan fingerprint density at radius 2 is 1.77 bits per heavy atom. The molecule has 2 aromatic rings. The lowest BCUT2D eigenvalue weighted by atomic mass is 10.0. The molecule has 1 aliphatic carbocycles. The molecule has 2 aliphatic rings. The number of anilines is 1. The van der Waals surface area contributed by atoms with Crippen LogP contribution < -0.4 is 10.2 Å². The lowest BCUT2D eigenvalue weighted by Crippen LogP contribution is -2.36. The summed E-state index contributed by atoms with van der Waals surface area (Å²) >= 11 is 0. The highest BCUT2D eigenvalue weighted by molar-refractivity contribution is 5.94. The van der Waals surface area contributed by atoms with Crippen LogP contribution in [0.5, 0.6) is 0 Å². The Labute approximate surface area is 155 Å². The Hall–Kier alpha value is -2.33.